The summed E-state index contributed by atoms with van der Waals surface area (Å²) in [6.07, 6.45) is 0. The smallest absolute Gasteiger partial charge is 0.126 e. The molecule has 0 amide bonds. The molecule has 72 valence electrons. The van der Waals surface area contributed by atoms with Crippen molar-refractivity contribution in [3.8, 4) is 0 Å². The number of aromatic nitrogens is 1. The molecule has 13 heavy (non-hydrogen) atoms. The van der Waals surface area contributed by atoms with Gasteiger partial charge in [-0.05, 0) is 19.1 Å². The molecule has 0 bridgehead atoms. The summed E-state index contributed by atoms with van der Waals surface area (Å²) >= 11 is 0. The first-order valence-corrected chi connectivity index (χ1v) is 4.20. The van der Waals surface area contributed by atoms with E-state index < -0.39 is 0 Å². The fourth-order valence-corrected chi connectivity index (χ4v) is 0.951. The van der Waals surface area contributed by atoms with Crippen LogP contribution in [0.15, 0.2) is 12.1 Å². The van der Waals surface area contributed by atoms with Gasteiger partial charge in [0, 0.05) is 13.7 Å². The maximum Gasteiger partial charge on any atom is 0.126 e. The van der Waals surface area contributed by atoms with Crippen LogP contribution in [0, 0.1) is 6.92 Å². The van der Waals surface area contributed by atoms with Crippen molar-refractivity contribution >= 4 is 11.5 Å². The second-order valence-corrected chi connectivity index (χ2v) is 2.79. The van der Waals surface area contributed by atoms with E-state index in [1.54, 1.807) is 7.11 Å². The number of aryl methyl sites for hydroxylation is 1. The van der Waals surface area contributed by atoms with Gasteiger partial charge in [0.15, 0.2) is 0 Å². The van der Waals surface area contributed by atoms with Gasteiger partial charge in [0.25, 0.3) is 0 Å². The van der Waals surface area contributed by atoms with Gasteiger partial charge in [-0.1, -0.05) is 0 Å². The zero-order valence-electron chi connectivity index (χ0n) is 8.00. The van der Waals surface area contributed by atoms with Gasteiger partial charge in [-0.2, -0.15) is 0 Å². The van der Waals surface area contributed by atoms with Gasteiger partial charge in [-0.25, -0.2) is 4.98 Å². The van der Waals surface area contributed by atoms with Crippen LogP contribution >= 0.6 is 0 Å². The van der Waals surface area contributed by atoms with Crippen LogP contribution in [0.3, 0.4) is 0 Å². The van der Waals surface area contributed by atoms with Crippen LogP contribution in [-0.2, 0) is 4.74 Å². The number of ether oxygens (including phenoxy) is 1. The Morgan fingerprint density at radius 1 is 1.54 bits per heavy atom. The minimum Gasteiger partial charge on any atom is -0.397 e. The first-order valence-electron chi connectivity index (χ1n) is 4.20. The zero-order chi connectivity index (χ0) is 9.68. The number of nitrogen functional groups attached to an aromatic ring is 1. The van der Waals surface area contributed by atoms with Gasteiger partial charge in [0.1, 0.15) is 5.82 Å². The Hall–Kier alpha value is -1.29. The van der Waals surface area contributed by atoms with Crippen molar-refractivity contribution in [1.82, 2.24) is 4.98 Å². The molecule has 3 N–H and O–H groups in total. The fraction of sp³-hybridized carbons (Fsp3) is 0.444. The van der Waals surface area contributed by atoms with E-state index >= 15 is 0 Å². The number of nitrogens with two attached hydrogens (primary N) is 1. The average molecular weight is 181 g/mol. The highest BCUT2D eigenvalue weighted by Gasteiger charge is 1.96. The fourth-order valence-electron chi connectivity index (χ4n) is 0.951. The molecule has 0 spiro atoms. The lowest BCUT2D eigenvalue weighted by Gasteiger charge is -2.06. The lowest BCUT2D eigenvalue weighted by Crippen LogP contribution is -2.09. The topological polar surface area (TPSA) is 60.2 Å². The van der Waals surface area contributed by atoms with E-state index in [4.69, 9.17) is 10.5 Å². The maximum atomic E-state index is 5.63. The first kappa shape index (κ1) is 9.80. The number of nitrogens with zero attached hydrogens (tertiary/aromatic N) is 1. The molecule has 0 saturated carbocycles. The molecule has 1 rings (SSSR count). The Morgan fingerprint density at radius 2 is 2.31 bits per heavy atom. The van der Waals surface area contributed by atoms with E-state index in [9.17, 15) is 0 Å². The number of hydrogen-bond acceptors (Lipinski definition) is 4. The summed E-state index contributed by atoms with van der Waals surface area (Å²) in [5, 5.41) is 3.12. The summed E-state index contributed by atoms with van der Waals surface area (Å²) in [5.41, 5.74) is 7.20. The number of anilines is 2. The van der Waals surface area contributed by atoms with Crippen LogP contribution in [-0.4, -0.2) is 25.2 Å². The molecule has 1 aromatic rings. The number of nitrogens with one attached hydrogen (secondary N) is 1. The second kappa shape index (κ2) is 4.67. The van der Waals surface area contributed by atoms with Crippen molar-refractivity contribution in [2.45, 2.75) is 6.92 Å². The van der Waals surface area contributed by atoms with Crippen molar-refractivity contribution < 1.29 is 4.74 Å². The summed E-state index contributed by atoms with van der Waals surface area (Å²) in [6, 6.07) is 3.70. The quantitative estimate of drug-likeness (QED) is 0.681. The molecule has 1 aromatic heterocycles. The molecular weight excluding hydrogens is 166 g/mol. The molecule has 0 aliphatic rings. The first-order chi connectivity index (χ1) is 6.24. The van der Waals surface area contributed by atoms with Crippen molar-refractivity contribution in [2.75, 3.05) is 31.3 Å². The summed E-state index contributed by atoms with van der Waals surface area (Å²) in [7, 11) is 1.67. The summed E-state index contributed by atoms with van der Waals surface area (Å²) in [4.78, 5) is 4.25. The number of rotatable bonds is 4. The standard InChI is InChI=1S/C9H15N3O/c1-7-8(10)3-4-9(12-7)11-5-6-13-2/h3-4H,5-6,10H2,1-2H3,(H,11,12). The Labute approximate surface area is 78.1 Å². The molecule has 1 heterocycles. The van der Waals surface area contributed by atoms with E-state index in [0.29, 0.717) is 6.61 Å². The van der Waals surface area contributed by atoms with Crippen LogP contribution in [0.4, 0.5) is 11.5 Å². The van der Waals surface area contributed by atoms with Gasteiger partial charge >= 0.3 is 0 Å². The Bertz CT molecular complexity index is 276. The SMILES string of the molecule is COCCNc1ccc(N)c(C)n1. The molecule has 0 aliphatic carbocycles. The van der Waals surface area contributed by atoms with E-state index in [-0.39, 0.29) is 0 Å². The summed E-state index contributed by atoms with van der Waals surface area (Å²) in [5.74, 6) is 0.837. The Morgan fingerprint density at radius 3 is 2.92 bits per heavy atom. The molecule has 4 heteroatoms. The van der Waals surface area contributed by atoms with Crippen molar-refractivity contribution in [2.24, 2.45) is 0 Å². The molecule has 0 radical (unpaired) electrons. The molecule has 0 unspecified atom stereocenters. The predicted octanol–water partition coefficient (Wildman–Crippen LogP) is 1.03. The summed E-state index contributed by atoms with van der Waals surface area (Å²) in [6.45, 7) is 3.31. The van der Waals surface area contributed by atoms with Crippen LogP contribution in [0.5, 0.6) is 0 Å². The van der Waals surface area contributed by atoms with E-state index in [1.165, 1.54) is 0 Å². The predicted molar refractivity (Wildman–Crippen MR) is 53.8 cm³/mol. The average Bonchev–Trinajstić information content (AvgIpc) is 2.12. The highest BCUT2D eigenvalue weighted by atomic mass is 16.5. The third-order valence-electron chi connectivity index (χ3n) is 1.74. The molecular formula is C9H15N3O. The van der Waals surface area contributed by atoms with Gasteiger partial charge in [-0.3, -0.25) is 0 Å². The molecule has 0 saturated heterocycles. The Kier molecular flexibility index (Phi) is 3.52. The minimum absolute atomic E-state index is 0.672. The van der Waals surface area contributed by atoms with Crippen LogP contribution in [0.2, 0.25) is 0 Å². The van der Waals surface area contributed by atoms with Crippen molar-refractivity contribution in [3.05, 3.63) is 17.8 Å². The molecule has 0 aliphatic heterocycles. The highest BCUT2D eigenvalue weighted by molar-refractivity contribution is 5.48. The molecule has 0 atom stereocenters. The van der Waals surface area contributed by atoms with E-state index in [0.717, 1.165) is 23.7 Å². The highest BCUT2D eigenvalue weighted by Crippen LogP contribution is 2.11. The van der Waals surface area contributed by atoms with Crippen molar-refractivity contribution in [3.63, 3.8) is 0 Å². The van der Waals surface area contributed by atoms with Gasteiger partial charge in [-0.15, -0.1) is 0 Å². The monoisotopic (exact) mass is 181 g/mol. The Balaban J connectivity index is 2.53. The number of hydrogen-bond donors (Lipinski definition) is 2. The zero-order valence-corrected chi connectivity index (χ0v) is 8.00. The van der Waals surface area contributed by atoms with Gasteiger partial charge < -0.3 is 15.8 Å². The lowest BCUT2D eigenvalue weighted by molar-refractivity contribution is 0.210. The second-order valence-electron chi connectivity index (χ2n) is 2.79. The van der Waals surface area contributed by atoms with Crippen LogP contribution < -0.4 is 11.1 Å². The minimum atomic E-state index is 0.672. The van der Waals surface area contributed by atoms with E-state index in [1.807, 2.05) is 19.1 Å². The van der Waals surface area contributed by atoms with Crippen LogP contribution in [0.1, 0.15) is 5.69 Å². The third-order valence-corrected chi connectivity index (χ3v) is 1.74. The van der Waals surface area contributed by atoms with Gasteiger partial charge in [0.2, 0.25) is 0 Å². The van der Waals surface area contributed by atoms with Crippen LogP contribution in [0.25, 0.3) is 0 Å². The normalized spacial score (nSPS) is 10.0. The lowest BCUT2D eigenvalue weighted by atomic mass is 10.3. The van der Waals surface area contributed by atoms with Crippen molar-refractivity contribution in [1.29, 1.82) is 0 Å². The maximum absolute atomic E-state index is 5.63. The van der Waals surface area contributed by atoms with E-state index in [2.05, 4.69) is 10.3 Å². The van der Waals surface area contributed by atoms with Gasteiger partial charge in [0.05, 0.1) is 18.0 Å². The third kappa shape index (κ3) is 2.91. The molecule has 0 aromatic carbocycles. The number of methoxy groups -OCH3 is 1. The number of pyridine rings is 1. The molecule has 4 nitrogen and oxygen atoms in total. The summed E-state index contributed by atoms with van der Waals surface area (Å²) < 4.78 is 4.90. The largest absolute Gasteiger partial charge is 0.397 e. The molecule has 0 fully saturated rings.